The minimum atomic E-state index is -4.91. The summed E-state index contributed by atoms with van der Waals surface area (Å²) < 4.78 is 81.2. The van der Waals surface area contributed by atoms with Gasteiger partial charge >= 0.3 is 12.7 Å². The van der Waals surface area contributed by atoms with Crippen molar-refractivity contribution in [1.29, 1.82) is 0 Å². The Morgan fingerprint density at radius 1 is 0.682 bits per heavy atom. The summed E-state index contributed by atoms with van der Waals surface area (Å²) in [5.74, 6) is -1.05. The van der Waals surface area contributed by atoms with Crippen LogP contribution in [0.2, 0.25) is 0 Å². The molecule has 0 saturated carbocycles. The number of benzene rings is 2. The molecule has 0 radical (unpaired) electrons. The predicted molar refractivity (Wildman–Crippen MR) is 65.2 cm³/mol. The van der Waals surface area contributed by atoms with Crippen LogP contribution in [0.1, 0.15) is 0 Å². The van der Waals surface area contributed by atoms with Gasteiger partial charge in [-0.2, -0.15) is 0 Å². The van der Waals surface area contributed by atoms with Gasteiger partial charge in [-0.05, 0) is 23.8 Å². The second-order valence-electron chi connectivity index (χ2n) is 4.12. The third-order valence-corrected chi connectivity index (χ3v) is 2.49. The van der Waals surface area contributed by atoms with Crippen LogP contribution in [0, 0.1) is 0 Å². The molecule has 2 aromatic rings. The molecule has 0 amide bonds. The van der Waals surface area contributed by atoms with E-state index in [1.165, 1.54) is 30.3 Å². The van der Waals surface area contributed by atoms with Gasteiger partial charge in [0.25, 0.3) is 0 Å². The zero-order chi connectivity index (χ0) is 16.4. The maximum absolute atomic E-state index is 12.3. The number of alkyl halides is 6. The Kier molecular flexibility index (Phi) is 4.20. The van der Waals surface area contributed by atoms with E-state index in [4.69, 9.17) is 0 Å². The Morgan fingerprint density at radius 3 is 1.95 bits per heavy atom. The molecule has 0 aromatic heterocycles. The zero-order valence-corrected chi connectivity index (χ0v) is 10.7. The molecule has 0 spiro atoms. The highest BCUT2D eigenvalue weighted by molar-refractivity contribution is 5.71. The highest BCUT2D eigenvalue weighted by Crippen LogP contribution is 2.35. The predicted octanol–water partition coefficient (Wildman–Crippen LogP) is 5.15. The van der Waals surface area contributed by atoms with E-state index < -0.39 is 24.2 Å². The van der Waals surface area contributed by atoms with E-state index in [9.17, 15) is 26.3 Å². The van der Waals surface area contributed by atoms with E-state index in [1.54, 1.807) is 0 Å². The summed E-state index contributed by atoms with van der Waals surface area (Å²) in [6, 6.07) is 9.74. The zero-order valence-electron chi connectivity index (χ0n) is 10.7. The molecule has 8 heteroatoms. The Morgan fingerprint density at radius 2 is 1.32 bits per heavy atom. The van der Waals surface area contributed by atoms with E-state index in [-0.39, 0.29) is 11.1 Å². The van der Waals surface area contributed by atoms with Crippen LogP contribution >= 0.6 is 0 Å². The topological polar surface area (TPSA) is 18.5 Å². The van der Waals surface area contributed by atoms with Crippen molar-refractivity contribution in [3.8, 4) is 22.6 Å². The van der Waals surface area contributed by atoms with Gasteiger partial charge in [-0.15, -0.1) is 26.3 Å². The largest absolute Gasteiger partial charge is 0.573 e. The van der Waals surface area contributed by atoms with Crippen molar-refractivity contribution < 1.29 is 35.8 Å². The molecule has 2 nitrogen and oxygen atoms in total. The monoisotopic (exact) mass is 322 g/mol. The molecule has 0 atom stereocenters. The summed E-state index contributed by atoms with van der Waals surface area (Å²) in [4.78, 5) is 0. The third-order valence-electron chi connectivity index (χ3n) is 2.49. The number of hydrogen-bond acceptors (Lipinski definition) is 2. The van der Waals surface area contributed by atoms with E-state index in [1.807, 2.05) is 0 Å². The molecule has 0 aliphatic carbocycles. The molecule has 0 heterocycles. The molecule has 0 fully saturated rings. The van der Waals surface area contributed by atoms with Crippen molar-refractivity contribution in [2.75, 3.05) is 0 Å². The fraction of sp³-hybridized carbons (Fsp3) is 0.143. The molecule has 0 saturated heterocycles. The first-order valence-corrected chi connectivity index (χ1v) is 5.85. The lowest BCUT2D eigenvalue weighted by Crippen LogP contribution is -2.18. The molecule has 0 aliphatic heterocycles. The van der Waals surface area contributed by atoms with Crippen LogP contribution in [-0.2, 0) is 0 Å². The van der Waals surface area contributed by atoms with Crippen LogP contribution in [0.4, 0.5) is 26.3 Å². The fourth-order valence-corrected chi connectivity index (χ4v) is 1.78. The minimum Gasteiger partial charge on any atom is -0.406 e. The van der Waals surface area contributed by atoms with Gasteiger partial charge in [0, 0.05) is 5.56 Å². The van der Waals surface area contributed by atoms with Gasteiger partial charge in [0.15, 0.2) is 0 Å². The smallest absolute Gasteiger partial charge is 0.406 e. The van der Waals surface area contributed by atoms with Crippen molar-refractivity contribution in [1.82, 2.24) is 0 Å². The highest BCUT2D eigenvalue weighted by Gasteiger charge is 2.33. The van der Waals surface area contributed by atoms with Crippen molar-refractivity contribution in [3.05, 3.63) is 48.5 Å². The molecule has 0 aliphatic rings. The normalized spacial score (nSPS) is 12.1. The molecule has 0 unspecified atom stereocenters. The lowest BCUT2D eigenvalue weighted by atomic mass is 10.0. The van der Waals surface area contributed by atoms with E-state index >= 15 is 0 Å². The van der Waals surface area contributed by atoms with Gasteiger partial charge < -0.3 is 9.47 Å². The number of para-hydroxylation sites is 1. The molecule has 22 heavy (non-hydrogen) atoms. The van der Waals surface area contributed by atoms with Crippen LogP contribution in [-0.4, -0.2) is 12.7 Å². The molecule has 0 N–H and O–H groups in total. The van der Waals surface area contributed by atoms with Crippen molar-refractivity contribution in [2.24, 2.45) is 0 Å². The van der Waals surface area contributed by atoms with Gasteiger partial charge in [-0.1, -0.05) is 30.3 Å². The second-order valence-corrected chi connectivity index (χ2v) is 4.12. The van der Waals surface area contributed by atoms with Crippen LogP contribution in [0.5, 0.6) is 11.5 Å². The first-order chi connectivity index (χ1) is 10.1. The van der Waals surface area contributed by atoms with Gasteiger partial charge in [0.1, 0.15) is 11.5 Å². The lowest BCUT2D eigenvalue weighted by Gasteiger charge is -2.14. The van der Waals surface area contributed by atoms with Crippen molar-refractivity contribution in [3.63, 3.8) is 0 Å². The molecular weight excluding hydrogens is 314 g/mol. The van der Waals surface area contributed by atoms with E-state index in [0.717, 1.165) is 18.2 Å². The average Bonchev–Trinajstić information content (AvgIpc) is 2.35. The molecular formula is C14H8F6O2. The Hall–Kier alpha value is -2.38. The van der Waals surface area contributed by atoms with Gasteiger partial charge in [0.05, 0.1) is 0 Å². The summed E-state index contributed by atoms with van der Waals surface area (Å²) in [5.41, 5.74) is 0.0917. The van der Waals surface area contributed by atoms with E-state index in [0.29, 0.717) is 0 Å². The molecule has 118 valence electrons. The quantitative estimate of drug-likeness (QED) is 0.728. The summed E-state index contributed by atoms with van der Waals surface area (Å²) in [6.45, 7) is 0. The Bertz CT molecular complexity index is 648. The van der Waals surface area contributed by atoms with Crippen LogP contribution in [0.15, 0.2) is 48.5 Å². The lowest BCUT2D eigenvalue weighted by molar-refractivity contribution is -0.275. The van der Waals surface area contributed by atoms with Crippen LogP contribution in [0.25, 0.3) is 11.1 Å². The van der Waals surface area contributed by atoms with Crippen LogP contribution < -0.4 is 9.47 Å². The number of hydrogen-bond donors (Lipinski definition) is 0. The van der Waals surface area contributed by atoms with E-state index in [2.05, 4.69) is 9.47 Å². The van der Waals surface area contributed by atoms with Gasteiger partial charge in [0.2, 0.25) is 0 Å². The highest BCUT2D eigenvalue weighted by atomic mass is 19.4. The maximum Gasteiger partial charge on any atom is 0.573 e. The average molecular weight is 322 g/mol. The number of rotatable bonds is 3. The number of ether oxygens (including phenoxy) is 2. The standard InChI is InChI=1S/C14H8F6O2/c15-13(16,17)21-10-5-3-4-9(8-10)11-6-1-2-7-12(11)22-14(18,19)20/h1-8H. The summed E-state index contributed by atoms with van der Waals surface area (Å²) >= 11 is 0. The maximum atomic E-state index is 12.3. The first-order valence-electron chi connectivity index (χ1n) is 5.85. The fourth-order valence-electron chi connectivity index (χ4n) is 1.78. The van der Waals surface area contributed by atoms with Crippen LogP contribution in [0.3, 0.4) is 0 Å². The molecule has 0 bridgehead atoms. The second kappa shape index (κ2) is 5.78. The minimum absolute atomic E-state index is 0.00699. The molecule has 2 aromatic carbocycles. The summed E-state index contributed by atoms with van der Waals surface area (Å²) in [7, 11) is 0. The first kappa shape index (κ1) is 16.0. The Balaban J connectivity index is 2.38. The summed E-state index contributed by atoms with van der Waals surface area (Å²) in [5, 5.41) is 0. The third kappa shape index (κ3) is 4.57. The number of halogens is 6. The SMILES string of the molecule is FC(F)(F)Oc1cccc(-c2ccccc2OC(F)(F)F)c1. The molecule has 2 rings (SSSR count). The van der Waals surface area contributed by atoms with Crippen molar-refractivity contribution >= 4 is 0 Å². The van der Waals surface area contributed by atoms with Crippen molar-refractivity contribution in [2.45, 2.75) is 12.7 Å². The summed E-state index contributed by atoms with van der Waals surface area (Å²) in [6.07, 6.45) is -9.79. The Labute approximate surface area is 120 Å². The van der Waals surface area contributed by atoms with Gasteiger partial charge in [-0.3, -0.25) is 0 Å². The van der Waals surface area contributed by atoms with Gasteiger partial charge in [-0.25, -0.2) is 0 Å².